The predicted molar refractivity (Wildman–Crippen MR) is 138 cm³/mol. The maximum Gasteiger partial charge on any atom is 0.331 e. The van der Waals surface area contributed by atoms with Crippen LogP contribution in [-0.2, 0) is 20.9 Å². The van der Waals surface area contributed by atoms with Crippen molar-refractivity contribution in [2.75, 3.05) is 11.9 Å². The Morgan fingerprint density at radius 2 is 1.57 bits per heavy atom. The quantitative estimate of drug-likeness (QED) is 0.279. The topological polar surface area (TPSA) is 73.2 Å². The Morgan fingerprint density at radius 1 is 0.914 bits per heavy atom. The van der Waals surface area contributed by atoms with Crippen LogP contribution in [0.25, 0.3) is 17.3 Å². The van der Waals surface area contributed by atoms with Gasteiger partial charge in [0, 0.05) is 29.1 Å². The number of anilines is 1. The molecule has 1 aromatic heterocycles. The number of carbonyl (C=O) groups excluding carboxylic acids is 2. The highest BCUT2D eigenvalue weighted by Gasteiger charge is 2.12. The minimum absolute atomic E-state index is 0.365. The second kappa shape index (κ2) is 11.1. The molecule has 0 bridgehead atoms. The molecular formula is C29H27N3O3. The lowest BCUT2D eigenvalue weighted by Gasteiger charge is -2.11. The fourth-order valence-corrected chi connectivity index (χ4v) is 3.76. The first kappa shape index (κ1) is 23.7. The number of aromatic nitrogens is 2. The Kier molecular flexibility index (Phi) is 7.53. The molecule has 0 saturated carbocycles. The number of rotatable bonds is 8. The molecule has 3 aromatic carbocycles. The highest BCUT2D eigenvalue weighted by atomic mass is 16.5. The molecule has 4 rings (SSSR count). The van der Waals surface area contributed by atoms with E-state index in [2.05, 4.69) is 5.32 Å². The van der Waals surface area contributed by atoms with Gasteiger partial charge in [0.05, 0.1) is 12.2 Å². The minimum Gasteiger partial charge on any atom is -0.452 e. The van der Waals surface area contributed by atoms with Gasteiger partial charge in [0.2, 0.25) is 0 Å². The molecule has 176 valence electrons. The normalized spacial score (nSPS) is 10.9. The largest absolute Gasteiger partial charge is 0.452 e. The summed E-state index contributed by atoms with van der Waals surface area (Å²) in [4.78, 5) is 24.6. The number of hydrogen-bond acceptors (Lipinski definition) is 4. The molecule has 1 N–H and O–H groups in total. The number of aryl methyl sites for hydroxylation is 2. The highest BCUT2D eigenvalue weighted by Crippen LogP contribution is 2.24. The molecule has 35 heavy (non-hydrogen) atoms. The minimum atomic E-state index is -0.600. The van der Waals surface area contributed by atoms with Crippen LogP contribution in [0.5, 0.6) is 0 Å². The van der Waals surface area contributed by atoms with Crippen molar-refractivity contribution in [1.82, 2.24) is 9.78 Å². The molecule has 0 saturated heterocycles. The summed E-state index contributed by atoms with van der Waals surface area (Å²) in [6.07, 6.45) is 4.89. The standard InChI is InChI=1S/C29H27N3O3/c1-21-10-9-11-22(2)28(21)30-26(33)20-35-27(34)17-16-25-19-32(18-23-12-5-3-6-13-23)31-29(25)24-14-7-4-8-15-24/h3-17,19H,18,20H2,1-2H3,(H,30,33)/b17-16+. The van der Waals surface area contributed by atoms with Crippen molar-refractivity contribution in [2.24, 2.45) is 0 Å². The predicted octanol–water partition coefficient (Wildman–Crippen LogP) is 5.41. The van der Waals surface area contributed by atoms with Gasteiger partial charge in [-0.2, -0.15) is 5.10 Å². The summed E-state index contributed by atoms with van der Waals surface area (Å²) in [6.45, 7) is 4.08. The van der Waals surface area contributed by atoms with Crippen LogP contribution < -0.4 is 5.32 Å². The zero-order valence-electron chi connectivity index (χ0n) is 19.8. The van der Waals surface area contributed by atoms with E-state index in [1.165, 1.54) is 6.08 Å². The zero-order chi connectivity index (χ0) is 24.6. The van der Waals surface area contributed by atoms with Crippen LogP contribution in [0.15, 0.2) is 91.1 Å². The number of para-hydroxylation sites is 1. The monoisotopic (exact) mass is 465 g/mol. The summed E-state index contributed by atoms with van der Waals surface area (Å²) in [5, 5.41) is 7.55. The Bertz CT molecular complexity index is 1320. The van der Waals surface area contributed by atoms with E-state index in [1.807, 2.05) is 104 Å². The molecule has 1 heterocycles. The first-order valence-corrected chi connectivity index (χ1v) is 11.4. The number of amides is 1. The third-order valence-corrected chi connectivity index (χ3v) is 5.51. The maximum absolute atomic E-state index is 12.3. The van der Waals surface area contributed by atoms with Gasteiger partial charge in [-0.15, -0.1) is 0 Å². The third kappa shape index (κ3) is 6.32. The van der Waals surface area contributed by atoms with Gasteiger partial charge in [0.15, 0.2) is 6.61 Å². The Labute approximate surface area is 204 Å². The second-order valence-corrected chi connectivity index (χ2v) is 8.24. The van der Waals surface area contributed by atoms with Crippen LogP contribution in [0.1, 0.15) is 22.3 Å². The summed E-state index contributed by atoms with van der Waals surface area (Å²) < 4.78 is 7.01. The van der Waals surface area contributed by atoms with Crippen molar-refractivity contribution in [3.63, 3.8) is 0 Å². The van der Waals surface area contributed by atoms with E-state index in [-0.39, 0.29) is 12.5 Å². The molecule has 0 aliphatic heterocycles. The summed E-state index contributed by atoms with van der Waals surface area (Å²) in [5.74, 6) is -0.985. The number of nitrogens with zero attached hydrogens (tertiary/aromatic N) is 2. The van der Waals surface area contributed by atoms with E-state index in [0.717, 1.165) is 39.2 Å². The molecule has 6 nitrogen and oxygen atoms in total. The number of hydrogen-bond donors (Lipinski definition) is 1. The molecule has 0 spiro atoms. The van der Waals surface area contributed by atoms with Gasteiger partial charge in [0.1, 0.15) is 0 Å². The molecule has 1 amide bonds. The van der Waals surface area contributed by atoms with Gasteiger partial charge in [-0.1, -0.05) is 78.9 Å². The molecule has 6 heteroatoms. The van der Waals surface area contributed by atoms with Gasteiger partial charge in [-0.05, 0) is 36.6 Å². The van der Waals surface area contributed by atoms with Crippen molar-refractivity contribution in [1.29, 1.82) is 0 Å². The second-order valence-electron chi connectivity index (χ2n) is 8.24. The summed E-state index contributed by atoms with van der Waals surface area (Å²) in [7, 11) is 0. The molecule has 4 aromatic rings. The van der Waals surface area contributed by atoms with Crippen molar-refractivity contribution in [3.05, 3.63) is 113 Å². The lowest BCUT2D eigenvalue weighted by atomic mass is 10.1. The van der Waals surface area contributed by atoms with Crippen LogP contribution in [0.4, 0.5) is 5.69 Å². The number of benzene rings is 3. The van der Waals surface area contributed by atoms with Crippen LogP contribution >= 0.6 is 0 Å². The van der Waals surface area contributed by atoms with Crippen molar-refractivity contribution in [2.45, 2.75) is 20.4 Å². The van der Waals surface area contributed by atoms with Crippen LogP contribution in [-0.4, -0.2) is 28.3 Å². The fraction of sp³-hybridized carbons (Fsp3) is 0.138. The van der Waals surface area contributed by atoms with E-state index >= 15 is 0 Å². The zero-order valence-corrected chi connectivity index (χ0v) is 19.8. The van der Waals surface area contributed by atoms with Crippen LogP contribution in [0, 0.1) is 13.8 Å². The molecule has 0 unspecified atom stereocenters. The van der Waals surface area contributed by atoms with E-state index in [9.17, 15) is 9.59 Å². The molecule has 0 radical (unpaired) electrons. The molecule has 0 fully saturated rings. The van der Waals surface area contributed by atoms with Crippen LogP contribution in [0.2, 0.25) is 0 Å². The van der Waals surface area contributed by atoms with Gasteiger partial charge >= 0.3 is 5.97 Å². The Morgan fingerprint density at radius 3 is 2.26 bits per heavy atom. The SMILES string of the molecule is Cc1cccc(C)c1NC(=O)COC(=O)/C=C/c1cn(Cc2ccccc2)nc1-c1ccccc1. The maximum atomic E-state index is 12.3. The van der Waals surface area contributed by atoms with Crippen molar-refractivity contribution in [3.8, 4) is 11.3 Å². The fourth-order valence-electron chi connectivity index (χ4n) is 3.76. The third-order valence-electron chi connectivity index (χ3n) is 5.51. The number of nitrogens with one attached hydrogen (secondary N) is 1. The van der Waals surface area contributed by atoms with E-state index < -0.39 is 5.97 Å². The van der Waals surface area contributed by atoms with E-state index in [1.54, 1.807) is 6.08 Å². The molecule has 0 atom stereocenters. The summed E-state index contributed by atoms with van der Waals surface area (Å²) in [6, 6.07) is 25.6. The first-order chi connectivity index (χ1) is 17.0. The lowest BCUT2D eigenvalue weighted by Crippen LogP contribution is -2.21. The van der Waals surface area contributed by atoms with E-state index in [0.29, 0.717) is 6.54 Å². The van der Waals surface area contributed by atoms with E-state index in [4.69, 9.17) is 9.84 Å². The molecule has 0 aliphatic rings. The van der Waals surface area contributed by atoms with Gasteiger partial charge in [-0.3, -0.25) is 9.48 Å². The molecular weight excluding hydrogens is 438 g/mol. The number of esters is 1. The Balaban J connectivity index is 1.44. The average Bonchev–Trinajstić information content (AvgIpc) is 3.27. The van der Waals surface area contributed by atoms with Crippen molar-refractivity contribution >= 4 is 23.6 Å². The summed E-state index contributed by atoms with van der Waals surface area (Å²) in [5.41, 5.74) is 6.25. The summed E-state index contributed by atoms with van der Waals surface area (Å²) >= 11 is 0. The van der Waals surface area contributed by atoms with Gasteiger partial charge in [0.25, 0.3) is 5.91 Å². The van der Waals surface area contributed by atoms with Gasteiger partial charge < -0.3 is 10.1 Å². The van der Waals surface area contributed by atoms with Gasteiger partial charge in [-0.25, -0.2) is 4.79 Å². The number of ether oxygens (including phenoxy) is 1. The number of carbonyl (C=O) groups is 2. The smallest absolute Gasteiger partial charge is 0.331 e. The Hall–Kier alpha value is -4.45. The highest BCUT2D eigenvalue weighted by molar-refractivity contribution is 5.96. The van der Waals surface area contributed by atoms with Crippen molar-refractivity contribution < 1.29 is 14.3 Å². The average molecular weight is 466 g/mol. The molecule has 0 aliphatic carbocycles. The lowest BCUT2D eigenvalue weighted by molar-refractivity contribution is -0.142. The van der Waals surface area contributed by atoms with Crippen LogP contribution in [0.3, 0.4) is 0 Å². The first-order valence-electron chi connectivity index (χ1n) is 11.4.